The van der Waals surface area contributed by atoms with Crippen LogP contribution >= 0.6 is 0 Å². The van der Waals surface area contributed by atoms with Crippen LogP contribution in [-0.2, 0) is 6.18 Å². The number of anilines is 1. The van der Waals surface area contributed by atoms with Crippen molar-refractivity contribution in [3.05, 3.63) is 54.6 Å². The molecule has 0 spiro atoms. The minimum atomic E-state index is -4.66. The second-order valence-corrected chi connectivity index (χ2v) is 7.63. The van der Waals surface area contributed by atoms with Crippen LogP contribution in [0.15, 0.2) is 53.3 Å². The van der Waals surface area contributed by atoms with E-state index in [2.05, 4.69) is 26.2 Å². The van der Waals surface area contributed by atoms with Crippen LogP contribution in [0.2, 0.25) is 0 Å². The number of piperidine rings is 1. The SMILES string of the molecule is N#CC1CCN(c2cccn3ncc(-c4ccc(-c5nc(C(F)(F)F)no5)cc4)c23)CC1. The topological polar surface area (TPSA) is 83.2 Å². The van der Waals surface area contributed by atoms with Crippen molar-refractivity contribution in [2.45, 2.75) is 19.0 Å². The van der Waals surface area contributed by atoms with Crippen molar-refractivity contribution in [1.29, 1.82) is 5.26 Å². The fourth-order valence-electron chi connectivity index (χ4n) is 3.99. The van der Waals surface area contributed by atoms with E-state index in [1.807, 2.05) is 22.8 Å². The summed E-state index contributed by atoms with van der Waals surface area (Å²) in [6.45, 7) is 1.58. The standard InChI is InChI=1S/C22H17F3N6O/c23-22(24,25)21-28-20(32-29-21)16-5-3-15(4-6-16)17-13-27-31-9-1-2-18(19(17)31)30-10-7-14(12-26)8-11-30/h1-6,9,13-14H,7-8,10-11H2. The largest absolute Gasteiger partial charge is 0.455 e. The summed E-state index contributed by atoms with van der Waals surface area (Å²) in [6, 6.07) is 13.2. The molecule has 5 rings (SSSR count). The van der Waals surface area contributed by atoms with Gasteiger partial charge in [0.1, 0.15) is 0 Å². The average Bonchev–Trinajstić information content (AvgIpc) is 3.47. The van der Waals surface area contributed by atoms with E-state index in [9.17, 15) is 18.4 Å². The lowest BCUT2D eigenvalue weighted by Crippen LogP contribution is -2.33. The Bertz CT molecular complexity index is 1290. The minimum absolute atomic E-state index is 0.0884. The summed E-state index contributed by atoms with van der Waals surface area (Å²) in [5.74, 6) is -1.40. The molecule has 10 heteroatoms. The summed E-state index contributed by atoms with van der Waals surface area (Å²) in [5, 5.41) is 16.6. The number of aromatic nitrogens is 4. The van der Waals surface area contributed by atoms with Crippen molar-refractivity contribution in [1.82, 2.24) is 19.8 Å². The quantitative estimate of drug-likeness (QED) is 0.457. The Kier molecular flexibility index (Phi) is 4.81. The molecule has 1 aliphatic heterocycles. The number of nitrogens with zero attached hydrogens (tertiary/aromatic N) is 6. The third-order valence-corrected chi connectivity index (χ3v) is 5.66. The van der Waals surface area contributed by atoms with E-state index >= 15 is 0 Å². The predicted octanol–water partition coefficient (Wildman–Crippen LogP) is 4.81. The van der Waals surface area contributed by atoms with E-state index in [0.717, 1.165) is 48.3 Å². The van der Waals surface area contributed by atoms with Crippen LogP contribution in [0.4, 0.5) is 18.9 Å². The third-order valence-electron chi connectivity index (χ3n) is 5.66. The van der Waals surface area contributed by atoms with Gasteiger partial charge in [-0.05, 0) is 42.7 Å². The van der Waals surface area contributed by atoms with Gasteiger partial charge in [0.05, 0.1) is 23.5 Å². The Morgan fingerprint density at radius 3 is 2.44 bits per heavy atom. The van der Waals surface area contributed by atoms with Crippen LogP contribution in [0.5, 0.6) is 0 Å². The van der Waals surface area contributed by atoms with E-state index in [-0.39, 0.29) is 11.8 Å². The van der Waals surface area contributed by atoms with Gasteiger partial charge in [0.15, 0.2) is 0 Å². The van der Waals surface area contributed by atoms with Gasteiger partial charge < -0.3 is 9.42 Å². The molecule has 4 heterocycles. The molecule has 3 aromatic heterocycles. The molecular weight excluding hydrogens is 421 g/mol. The molecule has 0 aliphatic carbocycles. The second kappa shape index (κ2) is 7.67. The number of pyridine rings is 1. The van der Waals surface area contributed by atoms with E-state index < -0.39 is 12.0 Å². The Hall–Kier alpha value is -3.87. The number of hydrogen-bond donors (Lipinski definition) is 0. The summed E-state index contributed by atoms with van der Waals surface area (Å²) >= 11 is 0. The summed E-state index contributed by atoms with van der Waals surface area (Å²) < 4.78 is 44.8. The second-order valence-electron chi connectivity index (χ2n) is 7.63. The van der Waals surface area contributed by atoms with Gasteiger partial charge in [0, 0.05) is 36.3 Å². The maximum atomic E-state index is 12.7. The van der Waals surface area contributed by atoms with Crippen molar-refractivity contribution in [3.8, 4) is 28.7 Å². The zero-order valence-corrected chi connectivity index (χ0v) is 16.8. The number of benzene rings is 1. The van der Waals surface area contributed by atoms with Crippen LogP contribution in [0, 0.1) is 17.2 Å². The van der Waals surface area contributed by atoms with Gasteiger partial charge >= 0.3 is 6.18 Å². The van der Waals surface area contributed by atoms with Gasteiger partial charge in [0.2, 0.25) is 0 Å². The van der Waals surface area contributed by atoms with Gasteiger partial charge in [-0.15, -0.1) is 0 Å². The number of alkyl halides is 3. The minimum Gasteiger partial charge on any atom is -0.370 e. The highest BCUT2D eigenvalue weighted by Gasteiger charge is 2.37. The molecule has 1 aromatic carbocycles. The molecule has 7 nitrogen and oxygen atoms in total. The molecule has 1 fully saturated rings. The number of rotatable bonds is 3. The summed E-state index contributed by atoms with van der Waals surface area (Å²) in [7, 11) is 0. The smallest absolute Gasteiger partial charge is 0.370 e. The van der Waals surface area contributed by atoms with Crippen molar-refractivity contribution in [2.75, 3.05) is 18.0 Å². The molecule has 0 bridgehead atoms. The molecule has 0 N–H and O–H groups in total. The molecule has 0 radical (unpaired) electrons. The molecule has 0 atom stereocenters. The normalized spacial score (nSPS) is 15.2. The highest BCUT2D eigenvalue weighted by atomic mass is 19.4. The van der Waals surface area contributed by atoms with Gasteiger partial charge in [0.25, 0.3) is 11.7 Å². The van der Waals surface area contributed by atoms with Gasteiger partial charge in [-0.1, -0.05) is 17.3 Å². The number of nitriles is 1. The first kappa shape index (κ1) is 20.1. The zero-order chi connectivity index (χ0) is 22.3. The first-order chi connectivity index (χ1) is 15.4. The highest BCUT2D eigenvalue weighted by molar-refractivity contribution is 5.90. The zero-order valence-electron chi connectivity index (χ0n) is 16.8. The lowest BCUT2D eigenvalue weighted by atomic mass is 9.97. The van der Waals surface area contributed by atoms with Crippen LogP contribution in [-0.4, -0.2) is 32.8 Å². The average molecular weight is 438 g/mol. The number of hydrogen-bond acceptors (Lipinski definition) is 6. The molecule has 162 valence electrons. The molecular formula is C22H17F3N6O. The van der Waals surface area contributed by atoms with Crippen LogP contribution in [0.25, 0.3) is 28.1 Å². The Labute approximate surface area is 180 Å². The first-order valence-electron chi connectivity index (χ1n) is 10.1. The lowest BCUT2D eigenvalue weighted by molar-refractivity contribution is -0.146. The summed E-state index contributed by atoms with van der Waals surface area (Å²) in [4.78, 5) is 5.70. The highest BCUT2D eigenvalue weighted by Crippen LogP contribution is 2.35. The first-order valence-corrected chi connectivity index (χ1v) is 10.1. The third kappa shape index (κ3) is 3.56. The molecule has 1 aliphatic rings. The van der Waals surface area contributed by atoms with Gasteiger partial charge in [-0.2, -0.15) is 28.5 Å². The Morgan fingerprint density at radius 1 is 1.06 bits per heavy atom. The van der Waals surface area contributed by atoms with E-state index in [1.165, 1.54) is 0 Å². The van der Waals surface area contributed by atoms with E-state index in [4.69, 9.17) is 4.52 Å². The van der Waals surface area contributed by atoms with Crippen LogP contribution in [0.3, 0.4) is 0 Å². The van der Waals surface area contributed by atoms with Crippen molar-refractivity contribution < 1.29 is 17.7 Å². The lowest BCUT2D eigenvalue weighted by Gasteiger charge is -2.31. The molecule has 32 heavy (non-hydrogen) atoms. The van der Waals surface area contributed by atoms with Crippen molar-refractivity contribution in [2.24, 2.45) is 5.92 Å². The number of fused-ring (bicyclic) bond motifs is 1. The van der Waals surface area contributed by atoms with E-state index in [0.29, 0.717) is 5.56 Å². The van der Waals surface area contributed by atoms with Crippen molar-refractivity contribution >= 4 is 11.2 Å². The Balaban J connectivity index is 1.48. The number of halogens is 3. The fraction of sp³-hybridized carbons (Fsp3) is 0.273. The van der Waals surface area contributed by atoms with Crippen molar-refractivity contribution in [3.63, 3.8) is 0 Å². The maximum absolute atomic E-state index is 12.7. The Morgan fingerprint density at radius 2 is 1.78 bits per heavy atom. The molecule has 1 saturated heterocycles. The predicted molar refractivity (Wildman–Crippen MR) is 109 cm³/mol. The molecule has 0 saturated carbocycles. The van der Waals surface area contributed by atoms with Crippen LogP contribution in [0.1, 0.15) is 18.7 Å². The van der Waals surface area contributed by atoms with Gasteiger partial charge in [-0.25, -0.2) is 4.52 Å². The summed E-state index contributed by atoms with van der Waals surface area (Å²) in [5.41, 5.74) is 4.13. The molecule has 0 amide bonds. The van der Waals surface area contributed by atoms with E-state index in [1.54, 1.807) is 30.5 Å². The summed E-state index contributed by atoms with van der Waals surface area (Å²) in [6.07, 6.45) is 0.622. The molecule has 0 unspecified atom stereocenters. The fourth-order valence-corrected chi connectivity index (χ4v) is 3.99. The maximum Gasteiger partial charge on any atom is 0.455 e. The molecule has 4 aromatic rings. The van der Waals surface area contributed by atoms with Crippen LogP contribution < -0.4 is 4.90 Å². The van der Waals surface area contributed by atoms with Gasteiger partial charge in [-0.3, -0.25) is 0 Å². The monoisotopic (exact) mass is 438 g/mol.